The Hall–Kier alpha value is -1.59. The molecule has 6 heteroatoms. The lowest BCUT2D eigenvalue weighted by molar-refractivity contribution is 0.586. The van der Waals surface area contributed by atoms with Crippen molar-refractivity contribution in [1.82, 2.24) is 4.98 Å². The van der Waals surface area contributed by atoms with Gasteiger partial charge in [0.05, 0.1) is 10.6 Å². The van der Waals surface area contributed by atoms with Crippen molar-refractivity contribution in [2.75, 3.05) is 10.8 Å². The lowest BCUT2D eigenvalue weighted by Gasteiger charge is -2.30. The third-order valence-corrected chi connectivity index (χ3v) is 5.80. The molecule has 0 spiro atoms. The molecule has 1 aromatic carbocycles. The number of hydrogen-bond acceptors (Lipinski definition) is 3. The first-order valence-electron chi connectivity index (χ1n) is 6.73. The molecule has 1 aliphatic rings. The van der Waals surface area contributed by atoms with E-state index in [1.54, 1.807) is 36.5 Å². The van der Waals surface area contributed by atoms with E-state index in [2.05, 4.69) is 4.98 Å². The van der Waals surface area contributed by atoms with Crippen LogP contribution >= 0.6 is 11.6 Å². The molecular formula is C15H15ClN2O2S. The molecular weight excluding hydrogens is 308 g/mol. The van der Waals surface area contributed by atoms with Crippen LogP contribution in [0.4, 0.5) is 5.69 Å². The van der Waals surface area contributed by atoms with Crippen molar-refractivity contribution in [2.24, 2.45) is 0 Å². The Morgan fingerprint density at radius 2 is 1.90 bits per heavy atom. The fourth-order valence-corrected chi connectivity index (χ4v) is 4.31. The summed E-state index contributed by atoms with van der Waals surface area (Å²) in [4.78, 5) is 4.34. The van der Waals surface area contributed by atoms with E-state index in [4.69, 9.17) is 11.6 Å². The second kappa shape index (κ2) is 5.31. The van der Waals surface area contributed by atoms with Crippen molar-refractivity contribution in [3.63, 3.8) is 0 Å². The molecule has 0 fully saturated rings. The van der Waals surface area contributed by atoms with Gasteiger partial charge in [0.15, 0.2) is 0 Å². The summed E-state index contributed by atoms with van der Waals surface area (Å²) in [5.74, 6) is 0. The van der Waals surface area contributed by atoms with Crippen LogP contribution in [0.3, 0.4) is 0 Å². The van der Waals surface area contributed by atoms with E-state index in [1.807, 2.05) is 6.92 Å². The molecule has 1 aromatic heterocycles. The Balaban J connectivity index is 2.10. The van der Waals surface area contributed by atoms with Crippen LogP contribution in [0, 0.1) is 6.92 Å². The molecule has 0 atom stereocenters. The van der Waals surface area contributed by atoms with Crippen molar-refractivity contribution in [2.45, 2.75) is 24.7 Å². The molecule has 2 aromatic rings. The maximum atomic E-state index is 12.8. The van der Waals surface area contributed by atoms with E-state index in [-0.39, 0.29) is 0 Å². The van der Waals surface area contributed by atoms with Crippen LogP contribution in [-0.2, 0) is 16.4 Å². The summed E-state index contributed by atoms with van der Waals surface area (Å²) in [6.07, 6.45) is 3.04. The summed E-state index contributed by atoms with van der Waals surface area (Å²) in [7, 11) is -3.56. The summed E-state index contributed by atoms with van der Waals surface area (Å²) in [5, 5.41) is 0.385. The minimum Gasteiger partial charge on any atom is -0.266 e. The molecule has 4 nitrogen and oxygen atoms in total. The molecule has 0 amide bonds. The van der Waals surface area contributed by atoms with E-state index in [9.17, 15) is 8.42 Å². The zero-order valence-electron chi connectivity index (χ0n) is 11.6. The zero-order chi connectivity index (χ0) is 15.0. The van der Waals surface area contributed by atoms with Gasteiger partial charge >= 0.3 is 0 Å². The predicted octanol–water partition coefficient (Wildman–Crippen LogP) is 3.18. The zero-order valence-corrected chi connectivity index (χ0v) is 13.2. The van der Waals surface area contributed by atoms with Gasteiger partial charge in [-0.3, -0.25) is 4.31 Å². The standard InChI is InChI=1S/C15H15ClN2O2S/c1-11-4-6-12(7-5-11)21(19,20)18-10-2-3-13-14(18)8-9-17-15(13)16/h4-9H,2-3,10H2,1H3. The van der Waals surface area contributed by atoms with Crippen molar-refractivity contribution >= 4 is 27.3 Å². The summed E-state index contributed by atoms with van der Waals surface area (Å²) in [5.41, 5.74) is 2.48. The number of anilines is 1. The number of rotatable bonds is 2. The predicted molar refractivity (Wildman–Crippen MR) is 83.3 cm³/mol. The molecule has 0 radical (unpaired) electrons. The third kappa shape index (κ3) is 2.51. The van der Waals surface area contributed by atoms with Gasteiger partial charge in [-0.25, -0.2) is 13.4 Å². The smallest absolute Gasteiger partial charge is 0.264 e. The molecule has 21 heavy (non-hydrogen) atoms. The van der Waals surface area contributed by atoms with Crippen LogP contribution in [0.2, 0.25) is 5.15 Å². The fraction of sp³-hybridized carbons (Fsp3) is 0.267. The highest BCUT2D eigenvalue weighted by molar-refractivity contribution is 7.92. The molecule has 3 rings (SSSR count). The van der Waals surface area contributed by atoms with Crippen molar-refractivity contribution in [3.05, 3.63) is 52.8 Å². The monoisotopic (exact) mass is 322 g/mol. The summed E-state index contributed by atoms with van der Waals surface area (Å²) in [6.45, 7) is 2.39. The molecule has 0 saturated carbocycles. The number of sulfonamides is 1. The highest BCUT2D eigenvalue weighted by Gasteiger charge is 2.30. The van der Waals surface area contributed by atoms with Gasteiger partial charge in [0.1, 0.15) is 5.15 Å². The Morgan fingerprint density at radius 1 is 1.19 bits per heavy atom. The van der Waals surface area contributed by atoms with Gasteiger partial charge in [-0.05, 0) is 38.0 Å². The Labute approximate surface area is 129 Å². The van der Waals surface area contributed by atoms with Gasteiger partial charge in [0.25, 0.3) is 10.0 Å². The number of nitrogens with zero attached hydrogens (tertiary/aromatic N) is 2. The molecule has 0 bridgehead atoms. The number of aryl methyl sites for hydroxylation is 1. The molecule has 0 N–H and O–H groups in total. The molecule has 0 unspecified atom stereocenters. The molecule has 1 aliphatic heterocycles. The lowest BCUT2D eigenvalue weighted by atomic mass is 10.1. The minimum absolute atomic E-state index is 0.300. The highest BCUT2D eigenvalue weighted by Crippen LogP contribution is 2.34. The van der Waals surface area contributed by atoms with Gasteiger partial charge in [-0.1, -0.05) is 29.3 Å². The van der Waals surface area contributed by atoms with Crippen LogP contribution in [-0.4, -0.2) is 19.9 Å². The normalized spacial score (nSPS) is 14.9. The van der Waals surface area contributed by atoms with Gasteiger partial charge in [-0.2, -0.15) is 0 Å². The van der Waals surface area contributed by atoms with E-state index in [1.165, 1.54) is 4.31 Å². The van der Waals surface area contributed by atoms with E-state index in [0.29, 0.717) is 22.3 Å². The average Bonchev–Trinajstić information content (AvgIpc) is 2.47. The summed E-state index contributed by atoms with van der Waals surface area (Å²) >= 11 is 6.09. The van der Waals surface area contributed by atoms with E-state index < -0.39 is 10.0 Å². The van der Waals surface area contributed by atoms with E-state index >= 15 is 0 Å². The van der Waals surface area contributed by atoms with Crippen molar-refractivity contribution in [3.8, 4) is 0 Å². The molecule has 110 valence electrons. The van der Waals surface area contributed by atoms with Crippen LogP contribution in [0.15, 0.2) is 41.4 Å². The first kappa shape index (κ1) is 14.4. The van der Waals surface area contributed by atoms with Crippen LogP contribution < -0.4 is 4.31 Å². The van der Waals surface area contributed by atoms with Crippen LogP contribution in [0.5, 0.6) is 0 Å². The second-order valence-electron chi connectivity index (χ2n) is 5.09. The highest BCUT2D eigenvalue weighted by atomic mass is 35.5. The quantitative estimate of drug-likeness (QED) is 0.798. The van der Waals surface area contributed by atoms with Gasteiger partial charge < -0.3 is 0 Å². The first-order chi connectivity index (χ1) is 10.00. The SMILES string of the molecule is Cc1ccc(S(=O)(=O)N2CCCc3c2ccnc3Cl)cc1. The maximum absolute atomic E-state index is 12.8. The molecule has 2 heterocycles. The van der Waals surface area contributed by atoms with Crippen LogP contribution in [0.1, 0.15) is 17.5 Å². The maximum Gasteiger partial charge on any atom is 0.264 e. The largest absolute Gasteiger partial charge is 0.266 e. The fourth-order valence-electron chi connectivity index (χ4n) is 2.53. The second-order valence-corrected chi connectivity index (χ2v) is 7.31. The average molecular weight is 323 g/mol. The minimum atomic E-state index is -3.56. The number of benzene rings is 1. The van der Waals surface area contributed by atoms with Gasteiger partial charge in [-0.15, -0.1) is 0 Å². The van der Waals surface area contributed by atoms with Gasteiger partial charge in [0.2, 0.25) is 0 Å². The summed E-state index contributed by atoms with van der Waals surface area (Å²) < 4.78 is 27.1. The van der Waals surface area contributed by atoms with Crippen molar-refractivity contribution in [1.29, 1.82) is 0 Å². The molecule has 0 saturated heterocycles. The summed E-state index contributed by atoms with van der Waals surface area (Å²) in [6, 6.07) is 8.60. The van der Waals surface area contributed by atoms with Crippen LogP contribution in [0.25, 0.3) is 0 Å². The van der Waals surface area contributed by atoms with Gasteiger partial charge in [0, 0.05) is 18.3 Å². The third-order valence-electron chi connectivity index (χ3n) is 3.64. The lowest BCUT2D eigenvalue weighted by Crippen LogP contribution is -2.35. The topological polar surface area (TPSA) is 50.3 Å². The van der Waals surface area contributed by atoms with Crippen molar-refractivity contribution < 1.29 is 8.42 Å². The Morgan fingerprint density at radius 3 is 2.62 bits per heavy atom. The number of aromatic nitrogens is 1. The number of halogens is 1. The Kier molecular flexibility index (Phi) is 3.63. The molecule has 0 aliphatic carbocycles. The first-order valence-corrected chi connectivity index (χ1v) is 8.55. The Bertz CT molecular complexity index is 773. The number of fused-ring (bicyclic) bond motifs is 1. The van der Waals surface area contributed by atoms with E-state index in [0.717, 1.165) is 24.0 Å². The number of pyridine rings is 1. The number of hydrogen-bond donors (Lipinski definition) is 0.